The maximum atomic E-state index is 13.3. The van der Waals surface area contributed by atoms with Crippen molar-refractivity contribution in [3.8, 4) is 0 Å². The minimum Gasteiger partial charge on any atom is -0.359 e. The van der Waals surface area contributed by atoms with Crippen LogP contribution in [-0.4, -0.2) is 31.4 Å². The predicted molar refractivity (Wildman–Crippen MR) is 125 cm³/mol. The van der Waals surface area contributed by atoms with E-state index in [1.165, 1.54) is 12.1 Å². The van der Waals surface area contributed by atoms with Gasteiger partial charge < -0.3 is 4.90 Å². The molecule has 0 atom stereocenters. The Morgan fingerprint density at radius 1 is 1.07 bits per heavy atom. The Balaban J connectivity index is 2.12. The fourth-order valence-corrected chi connectivity index (χ4v) is 3.29. The molecular formula is C26H31FN2. The zero-order chi connectivity index (χ0) is 21.6. The Bertz CT molecular complexity index is 933. The minimum absolute atomic E-state index is 0.154. The maximum absolute atomic E-state index is 13.3. The van der Waals surface area contributed by atoms with Crippen LogP contribution in [0.25, 0.3) is 11.1 Å². The van der Waals surface area contributed by atoms with Gasteiger partial charge in [0.05, 0.1) is 0 Å². The van der Waals surface area contributed by atoms with Crippen LogP contribution in [-0.2, 0) is 5.41 Å². The summed E-state index contributed by atoms with van der Waals surface area (Å²) in [5, 5.41) is 0. The van der Waals surface area contributed by atoms with Gasteiger partial charge in [0.15, 0.2) is 0 Å². The van der Waals surface area contributed by atoms with E-state index in [4.69, 9.17) is 0 Å². The Kier molecular flexibility index (Phi) is 7.33. The first-order valence-corrected chi connectivity index (χ1v) is 9.71. The summed E-state index contributed by atoms with van der Waals surface area (Å²) >= 11 is 0. The number of hydrogen-bond acceptors (Lipinski definition) is 1. The second-order valence-electron chi connectivity index (χ2n) is 8.05. The van der Waals surface area contributed by atoms with Crippen molar-refractivity contribution in [3.05, 3.63) is 96.3 Å². The number of halogens is 1. The number of hydrogen-bond donors (Lipinski definition) is 0. The quantitative estimate of drug-likeness (QED) is 0.305. The van der Waals surface area contributed by atoms with Crippen LogP contribution in [0.15, 0.2) is 78.8 Å². The normalized spacial score (nSPS) is 12.3. The summed E-state index contributed by atoms with van der Waals surface area (Å²) in [6.07, 6.45) is 3.97. The van der Waals surface area contributed by atoms with E-state index in [9.17, 15) is 4.39 Å². The summed E-state index contributed by atoms with van der Waals surface area (Å²) in [5.74, 6) is 0.642. The molecule has 29 heavy (non-hydrogen) atoms. The highest BCUT2D eigenvalue weighted by Gasteiger charge is 2.23. The molecule has 0 aliphatic rings. The van der Waals surface area contributed by atoms with Crippen LogP contribution in [0.4, 0.5) is 4.39 Å². The molecule has 0 heterocycles. The highest BCUT2D eigenvalue weighted by Crippen LogP contribution is 2.25. The average molecular weight is 391 g/mol. The molecule has 0 spiro atoms. The van der Waals surface area contributed by atoms with E-state index in [1.54, 1.807) is 7.05 Å². The third kappa shape index (κ3) is 6.02. The van der Waals surface area contributed by atoms with E-state index in [-0.39, 0.29) is 11.2 Å². The number of nitrogens with zero attached hydrogens (tertiary/aromatic N) is 2. The van der Waals surface area contributed by atoms with Crippen molar-refractivity contribution < 1.29 is 4.39 Å². The number of benzene rings is 2. The summed E-state index contributed by atoms with van der Waals surface area (Å²) in [4.78, 5) is 6.54. The highest BCUT2D eigenvalue weighted by molar-refractivity contribution is 5.95. The standard InChI is InChI=1S/C26H31FN2/c1-19(2)21-9-8-10-22(17-21)20(3)11-16-25(28-6)29(7)18-26(4,5)23-12-14-24(27)15-13-23/h8-17H,1,3,18H2,2,4-7H3/b16-11-,28-25?. The van der Waals surface area contributed by atoms with Gasteiger partial charge in [-0.2, -0.15) is 0 Å². The lowest BCUT2D eigenvalue weighted by molar-refractivity contribution is 0.373. The molecule has 0 N–H and O–H groups in total. The molecular weight excluding hydrogens is 359 g/mol. The number of allylic oxidation sites excluding steroid dienone is 3. The maximum Gasteiger partial charge on any atom is 0.123 e. The molecule has 2 rings (SSSR count). The highest BCUT2D eigenvalue weighted by atomic mass is 19.1. The molecule has 0 unspecified atom stereocenters. The van der Waals surface area contributed by atoms with Gasteiger partial charge in [0.2, 0.25) is 0 Å². The molecule has 2 aromatic carbocycles. The number of amidine groups is 1. The third-order valence-electron chi connectivity index (χ3n) is 5.04. The second-order valence-corrected chi connectivity index (χ2v) is 8.05. The van der Waals surface area contributed by atoms with E-state index < -0.39 is 0 Å². The molecule has 0 saturated carbocycles. The fourth-order valence-electron chi connectivity index (χ4n) is 3.29. The van der Waals surface area contributed by atoms with Crippen molar-refractivity contribution in [2.45, 2.75) is 26.2 Å². The fraction of sp³-hybridized carbons (Fsp3) is 0.269. The van der Waals surface area contributed by atoms with Gasteiger partial charge in [-0.25, -0.2) is 4.39 Å². The van der Waals surface area contributed by atoms with E-state index >= 15 is 0 Å². The smallest absolute Gasteiger partial charge is 0.123 e. The number of rotatable bonds is 7. The zero-order valence-corrected chi connectivity index (χ0v) is 18.2. The largest absolute Gasteiger partial charge is 0.359 e. The van der Waals surface area contributed by atoms with Gasteiger partial charge in [-0.1, -0.05) is 69.0 Å². The molecule has 0 radical (unpaired) electrons. The summed E-state index contributed by atoms with van der Waals surface area (Å²) < 4.78 is 13.3. The Morgan fingerprint density at radius 2 is 1.69 bits per heavy atom. The second kappa shape index (κ2) is 9.51. The van der Waals surface area contributed by atoms with Gasteiger partial charge in [-0.15, -0.1) is 0 Å². The van der Waals surface area contributed by atoms with Crippen LogP contribution in [0.3, 0.4) is 0 Å². The lowest BCUT2D eigenvalue weighted by Gasteiger charge is -2.32. The molecule has 0 aliphatic carbocycles. The van der Waals surface area contributed by atoms with E-state index in [0.717, 1.165) is 40.2 Å². The molecule has 0 aromatic heterocycles. The monoisotopic (exact) mass is 390 g/mol. The molecule has 0 saturated heterocycles. The Hall–Kier alpha value is -2.94. The molecule has 2 nitrogen and oxygen atoms in total. The van der Waals surface area contributed by atoms with E-state index in [0.29, 0.717) is 0 Å². The van der Waals surface area contributed by atoms with Crippen LogP contribution in [0, 0.1) is 5.82 Å². The van der Waals surface area contributed by atoms with Crippen molar-refractivity contribution in [1.29, 1.82) is 0 Å². The molecule has 2 aromatic rings. The van der Waals surface area contributed by atoms with Crippen molar-refractivity contribution in [2.24, 2.45) is 4.99 Å². The van der Waals surface area contributed by atoms with Gasteiger partial charge in [0, 0.05) is 26.1 Å². The number of likely N-dealkylation sites (N-methyl/N-ethyl adjacent to an activating group) is 1. The summed E-state index contributed by atoms with van der Waals surface area (Å²) in [6, 6.07) is 14.9. The predicted octanol–water partition coefficient (Wildman–Crippen LogP) is 6.37. The topological polar surface area (TPSA) is 15.6 Å². The third-order valence-corrected chi connectivity index (χ3v) is 5.04. The van der Waals surface area contributed by atoms with E-state index in [2.05, 4.69) is 43.0 Å². The van der Waals surface area contributed by atoms with Crippen LogP contribution in [0.2, 0.25) is 0 Å². The van der Waals surface area contributed by atoms with Gasteiger partial charge in [-0.3, -0.25) is 4.99 Å². The first-order chi connectivity index (χ1) is 13.6. The van der Waals surface area contributed by atoms with Crippen molar-refractivity contribution in [1.82, 2.24) is 4.90 Å². The SMILES string of the molecule is C=C(C)c1cccc(C(=C)/C=C\C(=NC)N(C)CC(C)(C)c2ccc(F)cc2)c1. The Labute approximate surface area is 174 Å². The zero-order valence-electron chi connectivity index (χ0n) is 18.2. The molecule has 0 bridgehead atoms. The molecule has 152 valence electrons. The first-order valence-electron chi connectivity index (χ1n) is 9.71. The molecule has 0 fully saturated rings. The molecule has 0 amide bonds. The van der Waals surface area contributed by atoms with Gasteiger partial charge in [0.25, 0.3) is 0 Å². The van der Waals surface area contributed by atoms with Crippen LogP contribution >= 0.6 is 0 Å². The van der Waals surface area contributed by atoms with Crippen LogP contribution < -0.4 is 0 Å². The van der Waals surface area contributed by atoms with E-state index in [1.807, 2.05) is 56.5 Å². The van der Waals surface area contributed by atoms with Crippen molar-refractivity contribution in [3.63, 3.8) is 0 Å². The summed E-state index contributed by atoms with van der Waals surface area (Å²) in [7, 11) is 3.80. The lowest BCUT2D eigenvalue weighted by Crippen LogP contribution is -2.37. The molecule has 3 heteroatoms. The van der Waals surface area contributed by atoms with Crippen LogP contribution in [0.5, 0.6) is 0 Å². The lowest BCUT2D eigenvalue weighted by atomic mass is 9.84. The Morgan fingerprint density at radius 3 is 2.28 bits per heavy atom. The van der Waals surface area contributed by atoms with Gasteiger partial charge in [0.1, 0.15) is 11.7 Å². The van der Waals surface area contributed by atoms with Crippen molar-refractivity contribution >= 4 is 17.0 Å². The van der Waals surface area contributed by atoms with Gasteiger partial charge >= 0.3 is 0 Å². The summed E-state index contributed by atoms with van der Waals surface area (Å²) in [5.41, 5.74) is 5.05. The van der Waals surface area contributed by atoms with Gasteiger partial charge in [-0.05, 0) is 53.5 Å². The summed E-state index contributed by atoms with van der Waals surface area (Å²) in [6.45, 7) is 15.2. The minimum atomic E-state index is -0.217. The first kappa shape index (κ1) is 22.4. The number of aliphatic imine (C=N–C) groups is 1. The average Bonchev–Trinajstić information content (AvgIpc) is 2.68. The van der Waals surface area contributed by atoms with Crippen molar-refractivity contribution in [2.75, 3.05) is 20.6 Å². The molecule has 0 aliphatic heterocycles. The van der Waals surface area contributed by atoms with Crippen LogP contribution in [0.1, 0.15) is 37.5 Å².